The number of benzene rings is 1. The SMILES string of the molecule is Cc1cccc(-n2ncc3c2COCC3N)c1Cl.Cl. The van der Waals surface area contributed by atoms with E-state index >= 15 is 0 Å². The molecular formula is C13H15Cl2N3O. The molecule has 3 rings (SSSR count). The first-order valence-corrected chi connectivity index (χ1v) is 6.22. The number of hydrogen-bond donors (Lipinski definition) is 1. The van der Waals surface area contributed by atoms with Crippen molar-refractivity contribution in [2.24, 2.45) is 5.73 Å². The molecular weight excluding hydrogens is 285 g/mol. The smallest absolute Gasteiger partial charge is 0.0893 e. The molecule has 1 aliphatic heterocycles. The van der Waals surface area contributed by atoms with E-state index in [9.17, 15) is 0 Å². The molecule has 0 bridgehead atoms. The van der Waals surface area contributed by atoms with Crippen molar-refractivity contribution in [1.82, 2.24) is 9.78 Å². The summed E-state index contributed by atoms with van der Waals surface area (Å²) in [5, 5.41) is 5.10. The molecule has 19 heavy (non-hydrogen) atoms. The van der Waals surface area contributed by atoms with Crippen LogP contribution in [0.2, 0.25) is 5.02 Å². The van der Waals surface area contributed by atoms with Crippen molar-refractivity contribution < 1.29 is 4.74 Å². The molecule has 102 valence electrons. The van der Waals surface area contributed by atoms with Gasteiger partial charge < -0.3 is 10.5 Å². The van der Waals surface area contributed by atoms with E-state index in [1.54, 1.807) is 6.20 Å². The van der Waals surface area contributed by atoms with Crippen LogP contribution in [-0.2, 0) is 11.3 Å². The Morgan fingerprint density at radius 3 is 3.05 bits per heavy atom. The minimum Gasteiger partial charge on any atom is -0.373 e. The molecule has 0 saturated carbocycles. The largest absolute Gasteiger partial charge is 0.373 e. The highest BCUT2D eigenvalue weighted by molar-refractivity contribution is 6.33. The number of hydrogen-bond acceptors (Lipinski definition) is 3. The standard InChI is InChI=1S/C13H14ClN3O.ClH/c1-8-3-2-4-11(13(8)14)17-12-7-18-6-10(15)9(12)5-16-17;/h2-5,10H,6-7,15H2,1H3;1H. The van der Waals surface area contributed by atoms with Gasteiger partial charge in [-0.1, -0.05) is 23.7 Å². The molecule has 4 nitrogen and oxygen atoms in total. The molecule has 2 N–H and O–H groups in total. The van der Waals surface area contributed by atoms with E-state index < -0.39 is 0 Å². The van der Waals surface area contributed by atoms with Crippen LogP contribution in [0.25, 0.3) is 5.69 Å². The van der Waals surface area contributed by atoms with Crippen LogP contribution in [0.5, 0.6) is 0 Å². The summed E-state index contributed by atoms with van der Waals surface area (Å²) in [6.45, 7) is 3.04. The van der Waals surface area contributed by atoms with Gasteiger partial charge in [0, 0.05) is 5.56 Å². The average Bonchev–Trinajstić information content (AvgIpc) is 2.78. The summed E-state index contributed by atoms with van der Waals surface area (Å²) in [5.74, 6) is 0. The van der Waals surface area contributed by atoms with Gasteiger partial charge in [0.2, 0.25) is 0 Å². The lowest BCUT2D eigenvalue weighted by atomic mass is 10.1. The molecule has 0 radical (unpaired) electrons. The van der Waals surface area contributed by atoms with Gasteiger partial charge in [0.25, 0.3) is 0 Å². The number of fused-ring (bicyclic) bond motifs is 1. The quantitative estimate of drug-likeness (QED) is 0.881. The predicted octanol–water partition coefficient (Wildman–Crippen LogP) is 2.79. The maximum atomic E-state index is 6.33. The van der Waals surface area contributed by atoms with Gasteiger partial charge in [-0.2, -0.15) is 5.10 Å². The Balaban J connectivity index is 0.00000133. The summed E-state index contributed by atoms with van der Waals surface area (Å²) >= 11 is 6.33. The van der Waals surface area contributed by atoms with Crippen molar-refractivity contribution in [3.05, 3.63) is 46.2 Å². The monoisotopic (exact) mass is 299 g/mol. The molecule has 1 aliphatic rings. The van der Waals surface area contributed by atoms with E-state index in [0.717, 1.165) is 22.5 Å². The lowest BCUT2D eigenvalue weighted by Gasteiger charge is -2.20. The maximum absolute atomic E-state index is 6.33. The van der Waals surface area contributed by atoms with Gasteiger partial charge in [0.15, 0.2) is 0 Å². The number of ether oxygens (including phenoxy) is 1. The van der Waals surface area contributed by atoms with E-state index in [4.69, 9.17) is 22.1 Å². The number of nitrogens with zero attached hydrogens (tertiary/aromatic N) is 2. The fourth-order valence-corrected chi connectivity index (χ4v) is 2.42. The van der Waals surface area contributed by atoms with Crippen molar-refractivity contribution in [2.45, 2.75) is 19.6 Å². The van der Waals surface area contributed by atoms with Gasteiger partial charge in [0.05, 0.1) is 41.9 Å². The second kappa shape index (κ2) is 5.51. The van der Waals surface area contributed by atoms with E-state index in [1.807, 2.05) is 29.8 Å². The van der Waals surface area contributed by atoms with Crippen molar-refractivity contribution in [3.63, 3.8) is 0 Å². The van der Waals surface area contributed by atoms with Gasteiger partial charge in [-0.05, 0) is 18.6 Å². The van der Waals surface area contributed by atoms with Crippen LogP contribution in [0, 0.1) is 6.92 Å². The van der Waals surface area contributed by atoms with Crippen LogP contribution in [0.15, 0.2) is 24.4 Å². The van der Waals surface area contributed by atoms with Gasteiger partial charge in [0.1, 0.15) is 0 Å². The highest BCUT2D eigenvalue weighted by Crippen LogP contribution is 2.29. The third kappa shape index (κ3) is 2.37. The first kappa shape index (κ1) is 14.3. The molecule has 1 aromatic carbocycles. The summed E-state index contributed by atoms with van der Waals surface area (Å²) in [7, 11) is 0. The van der Waals surface area contributed by atoms with E-state index in [1.165, 1.54) is 0 Å². The fraction of sp³-hybridized carbons (Fsp3) is 0.308. The van der Waals surface area contributed by atoms with Crippen LogP contribution in [0.3, 0.4) is 0 Å². The van der Waals surface area contributed by atoms with Gasteiger partial charge >= 0.3 is 0 Å². The maximum Gasteiger partial charge on any atom is 0.0893 e. The Morgan fingerprint density at radius 2 is 2.26 bits per heavy atom. The number of aromatic nitrogens is 2. The Bertz CT molecular complexity index is 598. The minimum absolute atomic E-state index is 0. The zero-order valence-electron chi connectivity index (χ0n) is 10.5. The Kier molecular flexibility index (Phi) is 4.16. The third-order valence-corrected chi connectivity index (χ3v) is 3.73. The minimum atomic E-state index is -0.105. The average molecular weight is 300 g/mol. The fourth-order valence-electron chi connectivity index (χ4n) is 2.22. The number of rotatable bonds is 1. The van der Waals surface area contributed by atoms with Crippen LogP contribution >= 0.6 is 24.0 Å². The highest BCUT2D eigenvalue weighted by atomic mass is 35.5. The van der Waals surface area contributed by atoms with Crippen LogP contribution < -0.4 is 5.73 Å². The predicted molar refractivity (Wildman–Crippen MR) is 77.1 cm³/mol. The molecule has 1 unspecified atom stereocenters. The lowest BCUT2D eigenvalue weighted by molar-refractivity contribution is 0.0885. The van der Waals surface area contributed by atoms with Crippen molar-refractivity contribution in [1.29, 1.82) is 0 Å². The summed E-state index contributed by atoms with van der Waals surface area (Å²) in [6.07, 6.45) is 1.81. The Morgan fingerprint density at radius 1 is 1.47 bits per heavy atom. The molecule has 1 atom stereocenters. The van der Waals surface area contributed by atoms with Crippen molar-refractivity contribution in [3.8, 4) is 5.69 Å². The summed E-state index contributed by atoms with van der Waals surface area (Å²) in [4.78, 5) is 0. The molecule has 0 spiro atoms. The van der Waals surface area contributed by atoms with Gasteiger partial charge in [-0.15, -0.1) is 12.4 Å². The van der Waals surface area contributed by atoms with Gasteiger partial charge in [-0.25, -0.2) is 4.68 Å². The lowest BCUT2D eigenvalue weighted by Crippen LogP contribution is -2.24. The third-order valence-electron chi connectivity index (χ3n) is 3.24. The normalized spacial score (nSPS) is 17.7. The van der Waals surface area contributed by atoms with Crippen LogP contribution in [0.1, 0.15) is 22.9 Å². The molecule has 0 aliphatic carbocycles. The molecule has 6 heteroatoms. The van der Waals surface area contributed by atoms with E-state index in [-0.39, 0.29) is 18.4 Å². The molecule has 2 heterocycles. The summed E-state index contributed by atoms with van der Waals surface area (Å²) < 4.78 is 7.29. The molecule has 2 aromatic rings. The second-order valence-electron chi connectivity index (χ2n) is 4.49. The highest BCUT2D eigenvalue weighted by Gasteiger charge is 2.23. The van der Waals surface area contributed by atoms with Gasteiger partial charge in [-0.3, -0.25) is 0 Å². The molecule has 0 amide bonds. The molecule has 0 saturated heterocycles. The topological polar surface area (TPSA) is 53.1 Å². The Labute approximate surface area is 122 Å². The summed E-state index contributed by atoms with van der Waals surface area (Å²) in [6, 6.07) is 5.78. The number of halogens is 2. The Hall–Kier alpha value is -1.07. The number of nitrogens with two attached hydrogens (primary N) is 1. The second-order valence-corrected chi connectivity index (χ2v) is 4.87. The van der Waals surface area contributed by atoms with Crippen LogP contribution in [0.4, 0.5) is 0 Å². The van der Waals surface area contributed by atoms with Crippen molar-refractivity contribution >= 4 is 24.0 Å². The van der Waals surface area contributed by atoms with Crippen LogP contribution in [-0.4, -0.2) is 16.4 Å². The van der Waals surface area contributed by atoms with E-state index in [0.29, 0.717) is 18.2 Å². The zero-order chi connectivity index (χ0) is 12.7. The molecule has 1 aromatic heterocycles. The first-order valence-electron chi connectivity index (χ1n) is 5.84. The number of aryl methyl sites for hydroxylation is 1. The van der Waals surface area contributed by atoms with Crippen molar-refractivity contribution in [2.75, 3.05) is 6.61 Å². The molecule has 0 fully saturated rings. The van der Waals surface area contributed by atoms with E-state index in [2.05, 4.69) is 5.10 Å². The zero-order valence-corrected chi connectivity index (χ0v) is 12.0. The summed E-state index contributed by atoms with van der Waals surface area (Å²) in [5.41, 5.74) is 9.92. The first-order chi connectivity index (χ1) is 8.68.